The summed E-state index contributed by atoms with van der Waals surface area (Å²) in [6.45, 7) is 0.181. The van der Waals surface area contributed by atoms with Gasteiger partial charge in [0.15, 0.2) is 0 Å². The lowest BCUT2D eigenvalue weighted by atomic mass is 10.1. The zero-order valence-electron chi connectivity index (χ0n) is 16.2. The summed E-state index contributed by atoms with van der Waals surface area (Å²) in [5.41, 5.74) is 2.31. The van der Waals surface area contributed by atoms with Gasteiger partial charge in [-0.25, -0.2) is 9.18 Å². The van der Waals surface area contributed by atoms with Crippen molar-refractivity contribution in [3.05, 3.63) is 66.1 Å². The Morgan fingerprint density at radius 3 is 2.73 bits per heavy atom. The molecule has 1 atom stereocenters. The SMILES string of the molecule is O=C(CC[C@H]1NC(=O)N(CCc2c[nH]c3ccc(F)cc23)C1=O)Nc1ccccc1. The number of benzene rings is 2. The van der Waals surface area contributed by atoms with Gasteiger partial charge in [-0.1, -0.05) is 18.2 Å². The van der Waals surface area contributed by atoms with E-state index in [4.69, 9.17) is 0 Å². The number of fused-ring (bicyclic) bond motifs is 1. The van der Waals surface area contributed by atoms with E-state index in [1.165, 1.54) is 12.1 Å². The Labute approximate surface area is 172 Å². The number of aromatic nitrogens is 1. The molecule has 3 N–H and O–H groups in total. The van der Waals surface area contributed by atoms with Gasteiger partial charge in [-0.2, -0.15) is 0 Å². The minimum atomic E-state index is -0.723. The van der Waals surface area contributed by atoms with E-state index >= 15 is 0 Å². The van der Waals surface area contributed by atoms with Crippen molar-refractivity contribution < 1.29 is 18.8 Å². The highest BCUT2D eigenvalue weighted by molar-refractivity contribution is 6.04. The van der Waals surface area contributed by atoms with E-state index in [0.29, 0.717) is 12.1 Å². The van der Waals surface area contributed by atoms with Crippen LogP contribution in [0.3, 0.4) is 0 Å². The van der Waals surface area contributed by atoms with Crippen LogP contribution < -0.4 is 10.6 Å². The minimum Gasteiger partial charge on any atom is -0.361 e. The van der Waals surface area contributed by atoms with Crippen molar-refractivity contribution in [3.8, 4) is 0 Å². The van der Waals surface area contributed by atoms with Crippen molar-refractivity contribution in [2.45, 2.75) is 25.3 Å². The maximum absolute atomic E-state index is 13.5. The lowest BCUT2D eigenvalue weighted by molar-refractivity contribution is -0.127. The summed E-state index contributed by atoms with van der Waals surface area (Å²) in [6, 6.07) is 12.3. The van der Waals surface area contributed by atoms with E-state index in [0.717, 1.165) is 21.4 Å². The molecule has 0 spiro atoms. The average Bonchev–Trinajstić information content (AvgIpc) is 3.25. The van der Waals surface area contributed by atoms with Crippen LogP contribution in [-0.4, -0.2) is 40.3 Å². The van der Waals surface area contributed by atoms with E-state index in [2.05, 4.69) is 15.6 Å². The Kier molecular flexibility index (Phi) is 5.47. The molecule has 2 aromatic carbocycles. The summed E-state index contributed by atoms with van der Waals surface area (Å²) < 4.78 is 13.5. The fraction of sp³-hybridized carbons (Fsp3) is 0.227. The fourth-order valence-corrected chi connectivity index (χ4v) is 3.59. The molecule has 0 bridgehead atoms. The van der Waals surface area contributed by atoms with Gasteiger partial charge in [0.1, 0.15) is 11.9 Å². The van der Waals surface area contributed by atoms with Crippen LogP contribution in [0, 0.1) is 5.82 Å². The molecule has 1 aliphatic rings. The zero-order chi connectivity index (χ0) is 21.1. The van der Waals surface area contributed by atoms with E-state index in [1.807, 2.05) is 18.2 Å². The van der Waals surface area contributed by atoms with E-state index < -0.39 is 12.1 Å². The summed E-state index contributed by atoms with van der Waals surface area (Å²) in [6.07, 6.45) is 2.50. The molecule has 0 aliphatic carbocycles. The van der Waals surface area contributed by atoms with Crippen molar-refractivity contribution in [2.75, 3.05) is 11.9 Å². The largest absolute Gasteiger partial charge is 0.361 e. The Hall–Kier alpha value is -3.68. The summed E-state index contributed by atoms with van der Waals surface area (Å²) in [7, 11) is 0. The van der Waals surface area contributed by atoms with E-state index in [-0.39, 0.29) is 37.0 Å². The highest BCUT2D eigenvalue weighted by Crippen LogP contribution is 2.21. The first kappa shape index (κ1) is 19.6. The Morgan fingerprint density at radius 1 is 1.13 bits per heavy atom. The normalized spacial score (nSPS) is 16.2. The Morgan fingerprint density at radius 2 is 1.93 bits per heavy atom. The lowest BCUT2D eigenvalue weighted by Crippen LogP contribution is -2.33. The van der Waals surface area contributed by atoms with Gasteiger partial charge in [0.05, 0.1) is 0 Å². The van der Waals surface area contributed by atoms with Crippen molar-refractivity contribution >= 4 is 34.4 Å². The molecule has 4 rings (SSSR count). The average molecular weight is 408 g/mol. The summed E-state index contributed by atoms with van der Waals surface area (Å²) >= 11 is 0. The number of urea groups is 1. The van der Waals surface area contributed by atoms with Crippen LogP contribution >= 0.6 is 0 Å². The van der Waals surface area contributed by atoms with E-state index in [9.17, 15) is 18.8 Å². The van der Waals surface area contributed by atoms with Crippen LogP contribution in [0.5, 0.6) is 0 Å². The molecule has 3 aromatic rings. The van der Waals surface area contributed by atoms with Crippen LogP contribution in [0.15, 0.2) is 54.7 Å². The Bertz CT molecular complexity index is 1100. The van der Waals surface area contributed by atoms with Gasteiger partial charge in [0.2, 0.25) is 5.91 Å². The monoisotopic (exact) mass is 408 g/mol. The maximum Gasteiger partial charge on any atom is 0.324 e. The van der Waals surface area contributed by atoms with Gasteiger partial charge in [0.25, 0.3) is 5.91 Å². The molecule has 8 heteroatoms. The second kappa shape index (κ2) is 8.36. The molecule has 0 radical (unpaired) electrons. The number of para-hydroxylation sites is 1. The number of rotatable bonds is 7. The number of anilines is 1. The molecule has 1 saturated heterocycles. The van der Waals surface area contributed by atoms with Crippen molar-refractivity contribution in [1.29, 1.82) is 0 Å². The van der Waals surface area contributed by atoms with Crippen molar-refractivity contribution in [2.24, 2.45) is 0 Å². The number of halogens is 1. The molecular formula is C22H21FN4O3. The third-order valence-electron chi connectivity index (χ3n) is 5.16. The molecule has 30 heavy (non-hydrogen) atoms. The molecule has 0 saturated carbocycles. The molecule has 154 valence electrons. The summed E-state index contributed by atoms with van der Waals surface area (Å²) in [4.78, 5) is 41.1. The fourth-order valence-electron chi connectivity index (χ4n) is 3.59. The van der Waals surface area contributed by atoms with Gasteiger partial charge in [0, 0.05) is 35.8 Å². The molecule has 4 amide bonds. The molecule has 1 aliphatic heterocycles. The second-order valence-corrected chi connectivity index (χ2v) is 7.20. The predicted molar refractivity (Wildman–Crippen MR) is 110 cm³/mol. The standard InChI is InChI=1S/C22H21FN4O3/c23-15-6-7-18-17(12-15)14(13-24-18)10-11-27-21(29)19(26-22(27)30)8-9-20(28)25-16-4-2-1-3-5-16/h1-7,12-13,19,24H,8-11H2,(H,25,28)(H,26,30)/t19-/m1/s1. The molecular weight excluding hydrogens is 387 g/mol. The van der Waals surface area contributed by atoms with Crippen LogP contribution in [-0.2, 0) is 16.0 Å². The van der Waals surface area contributed by atoms with Gasteiger partial charge >= 0.3 is 6.03 Å². The summed E-state index contributed by atoms with van der Waals surface area (Å²) in [5, 5.41) is 6.13. The van der Waals surface area contributed by atoms with Crippen molar-refractivity contribution in [3.63, 3.8) is 0 Å². The van der Waals surface area contributed by atoms with Crippen molar-refractivity contribution in [1.82, 2.24) is 15.2 Å². The number of carbonyl (C=O) groups excluding carboxylic acids is 3. The highest BCUT2D eigenvalue weighted by atomic mass is 19.1. The number of imide groups is 1. The van der Waals surface area contributed by atoms with Gasteiger partial charge in [-0.3, -0.25) is 14.5 Å². The number of nitrogens with one attached hydrogen (secondary N) is 3. The number of hydrogen-bond acceptors (Lipinski definition) is 3. The number of carbonyl (C=O) groups is 3. The number of hydrogen-bond donors (Lipinski definition) is 3. The third kappa shape index (κ3) is 4.17. The number of H-pyrrole nitrogens is 1. The summed E-state index contributed by atoms with van der Waals surface area (Å²) in [5.74, 6) is -0.909. The molecule has 0 unspecified atom stereocenters. The second-order valence-electron chi connectivity index (χ2n) is 7.20. The topological polar surface area (TPSA) is 94.3 Å². The third-order valence-corrected chi connectivity index (χ3v) is 5.16. The van der Waals surface area contributed by atoms with Crippen LogP contribution in [0.2, 0.25) is 0 Å². The molecule has 7 nitrogen and oxygen atoms in total. The van der Waals surface area contributed by atoms with Gasteiger partial charge in [-0.15, -0.1) is 0 Å². The van der Waals surface area contributed by atoms with Crippen LogP contribution in [0.25, 0.3) is 10.9 Å². The first-order valence-electron chi connectivity index (χ1n) is 9.73. The van der Waals surface area contributed by atoms with Crippen LogP contribution in [0.1, 0.15) is 18.4 Å². The van der Waals surface area contributed by atoms with Crippen LogP contribution in [0.4, 0.5) is 14.9 Å². The first-order chi connectivity index (χ1) is 14.5. The number of nitrogens with zero attached hydrogens (tertiary/aromatic N) is 1. The number of amides is 4. The smallest absolute Gasteiger partial charge is 0.324 e. The quantitative estimate of drug-likeness (QED) is 0.524. The number of aromatic amines is 1. The van der Waals surface area contributed by atoms with E-state index in [1.54, 1.807) is 24.4 Å². The molecule has 2 heterocycles. The zero-order valence-corrected chi connectivity index (χ0v) is 16.2. The maximum atomic E-state index is 13.5. The molecule has 1 fully saturated rings. The predicted octanol–water partition coefficient (Wildman–Crippen LogP) is 3.19. The first-order valence-corrected chi connectivity index (χ1v) is 9.73. The Balaban J connectivity index is 1.32. The molecule has 1 aromatic heterocycles. The highest BCUT2D eigenvalue weighted by Gasteiger charge is 2.37. The lowest BCUT2D eigenvalue weighted by Gasteiger charge is -2.12. The van der Waals surface area contributed by atoms with Gasteiger partial charge in [-0.05, 0) is 48.7 Å². The minimum absolute atomic E-state index is 0.112. The van der Waals surface area contributed by atoms with Gasteiger partial charge < -0.3 is 15.6 Å².